The Balaban J connectivity index is 2.12. The lowest BCUT2D eigenvalue weighted by molar-refractivity contribution is 0.413. The summed E-state index contributed by atoms with van der Waals surface area (Å²) in [5.41, 5.74) is 1.68. The molecule has 0 aliphatic rings. The van der Waals surface area contributed by atoms with Gasteiger partial charge in [-0.15, -0.1) is 0 Å². The average molecular weight is 385 g/mol. The molecule has 27 heavy (non-hydrogen) atoms. The topological polar surface area (TPSA) is 46.6 Å². The zero-order valence-corrected chi connectivity index (χ0v) is 15.9. The monoisotopic (exact) mass is 385 g/mol. The van der Waals surface area contributed by atoms with E-state index < -0.39 is 15.8 Å². The average Bonchev–Trinajstić information content (AvgIpc) is 2.67. The van der Waals surface area contributed by atoms with Crippen molar-refractivity contribution in [1.29, 1.82) is 0 Å². The number of sulfonamides is 1. The van der Waals surface area contributed by atoms with Crippen LogP contribution < -0.4 is 9.04 Å². The van der Waals surface area contributed by atoms with Crippen molar-refractivity contribution in [2.24, 2.45) is 0 Å². The van der Waals surface area contributed by atoms with Gasteiger partial charge in [-0.2, -0.15) is 0 Å². The Morgan fingerprint density at radius 3 is 2.41 bits per heavy atom. The number of rotatable bonds is 6. The van der Waals surface area contributed by atoms with Crippen LogP contribution >= 0.6 is 0 Å². The fourth-order valence-electron chi connectivity index (χ4n) is 2.77. The number of aryl methyl sites for hydroxylation is 1. The summed E-state index contributed by atoms with van der Waals surface area (Å²) >= 11 is 0. The van der Waals surface area contributed by atoms with Crippen LogP contribution in [0.15, 0.2) is 77.7 Å². The number of benzene rings is 3. The van der Waals surface area contributed by atoms with Gasteiger partial charge < -0.3 is 4.74 Å². The van der Waals surface area contributed by atoms with E-state index in [2.05, 4.69) is 0 Å². The minimum absolute atomic E-state index is 0.0831. The molecule has 0 saturated carbocycles. The first-order valence-corrected chi connectivity index (χ1v) is 9.82. The molecule has 0 aliphatic heterocycles. The first-order valence-electron chi connectivity index (χ1n) is 8.38. The minimum atomic E-state index is -3.93. The second-order valence-electron chi connectivity index (χ2n) is 6.12. The summed E-state index contributed by atoms with van der Waals surface area (Å²) < 4.78 is 47.3. The summed E-state index contributed by atoms with van der Waals surface area (Å²) in [7, 11) is -2.46. The van der Waals surface area contributed by atoms with Gasteiger partial charge in [0, 0.05) is 11.6 Å². The standard InChI is InChI=1S/C21H20FNO3S/c1-16-7-5-9-18(13-16)23(15-17-8-3-4-12-21(17)22)27(24,25)20-11-6-10-19(14-20)26-2/h3-14H,15H2,1-2H3. The summed E-state index contributed by atoms with van der Waals surface area (Å²) in [6, 6.07) is 19.5. The molecule has 0 aliphatic carbocycles. The Morgan fingerprint density at radius 2 is 1.70 bits per heavy atom. The van der Waals surface area contributed by atoms with Crippen LogP contribution in [0.4, 0.5) is 10.1 Å². The predicted octanol–water partition coefficient (Wildman–Crippen LogP) is 4.54. The summed E-state index contributed by atoms with van der Waals surface area (Å²) in [4.78, 5) is 0.0831. The molecule has 0 unspecified atom stereocenters. The van der Waals surface area contributed by atoms with E-state index >= 15 is 0 Å². The molecule has 3 aromatic carbocycles. The van der Waals surface area contributed by atoms with Gasteiger partial charge >= 0.3 is 0 Å². The van der Waals surface area contributed by atoms with Crippen LogP contribution in [0.5, 0.6) is 5.75 Å². The van der Waals surface area contributed by atoms with Crippen molar-refractivity contribution >= 4 is 15.7 Å². The van der Waals surface area contributed by atoms with E-state index in [9.17, 15) is 12.8 Å². The molecule has 0 spiro atoms. The van der Waals surface area contributed by atoms with Crippen molar-refractivity contribution in [1.82, 2.24) is 0 Å². The summed E-state index contributed by atoms with van der Waals surface area (Å²) in [6.45, 7) is 1.76. The maximum Gasteiger partial charge on any atom is 0.264 e. The quantitative estimate of drug-likeness (QED) is 0.626. The molecule has 3 rings (SSSR count). The fraction of sp³-hybridized carbons (Fsp3) is 0.143. The molecule has 0 fully saturated rings. The van der Waals surface area contributed by atoms with Crippen LogP contribution in [-0.4, -0.2) is 15.5 Å². The third-order valence-corrected chi connectivity index (χ3v) is 5.96. The fourth-order valence-corrected chi connectivity index (χ4v) is 4.24. The highest BCUT2D eigenvalue weighted by atomic mass is 32.2. The molecule has 0 atom stereocenters. The molecule has 4 nitrogen and oxygen atoms in total. The third kappa shape index (κ3) is 4.11. The van der Waals surface area contributed by atoms with Crippen molar-refractivity contribution in [2.75, 3.05) is 11.4 Å². The largest absolute Gasteiger partial charge is 0.497 e. The van der Waals surface area contributed by atoms with Gasteiger partial charge in [0.15, 0.2) is 0 Å². The minimum Gasteiger partial charge on any atom is -0.497 e. The second-order valence-corrected chi connectivity index (χ2v) is 7.98. The van der Waals surface area contributed by atoms with Crippen molar-refractivity contribution in [2.45, 2.75) is 18.4 Å². The van der Waals surface area contributed by atoms with Gasteiger partial charge in [0.25, 0.3) is 10.0 Å². The van der Waals surface area contributed by atoms with Crippen LogP contribution in [-0.2, 0) is 16.6 Å². The molecule has 6 heteroatoms. The van der Waals surface area contributed by atoms with E-state index in [1.54, 1.807) is 48.5 Å². The van der Waals surface area contributed by atoms with Crippen molar-refractivity contribution in [3.63, 3.8) is 0 Å². The Morgan fingerprint density at radius 1 is 0.963 bits per heavy atom. The zero-order valence-electron chi connectivity index (χ0n) is 15.1. The highest BCUT2D eigenvalue weighted by Gasteiger charge is 2.26. The van der Waals surface area contributed by atoms with Crippen LogP contribution in [0, 0.1) is 12.7 Å². The molecule has 3 aromatic rings. The zero-order chi connectivity index (χ0) is 19.4. The van der Waals surface area contributed by atoms with Crippen molar-refractivity contribution < 1.29 is 17.5 Å². The van der Waals surface area contributed by atoms with Crippen molar-refractivity contribution in [3.05, 3.63) is 89.7 Å². The predicted molar refractivity (Wildman–Crippen MR) is 104 cm³/mol. The van der Waals surface area contributed by atoms with E-state index in [0.717, 1.165) is 5.56 Å². The molecule has 0 N–H and O–H groups in total. The first-order chi connectivity index (χ1) is 12.9. The second kappa shape index (κ2) is 7.80. The first kappa shape index (κ1) is 18.9. The van der Waals surface area contributed by atoms with Gasteiger partial charge in [0.1, 0.15) is 11.6 Å². The third-order valence-electron chi connectivity index (χ3n) is 4.19. The van der Waals surface area contributed by atoms with Crippen LogP contribution in [0.25, 0.3) is 0 Å². The lowest BCUT2D eigenvalue weighted by atomic mass is 10.2. The highest BCUT2D eigenvalue weighted by Crippen LogP contribution is 2.28. The summed E-state index contributed by atoms with van der Waals surface area (Å²) in [5.74, 6) is -0.0119. The molecular weight excluding hydrogens is 365 g/mol. The molecule has 0 radical (unpaired) electrons. The number of nitrogens with zero attached hydrogens (tertiary/aromatic N) is 1. The Labute approximate surface area is 158 Å². The number of hydrogen-bond donors (Lipinski definition) is 0. The summed E-state index contributed by atoms with van der Waals surface area (Å²) in [5, 5.41) is 0. The van der Waals surface area contributed by atoms with E-state index in [1.165, 1.54) is 29.6 Å². The number of halogens is 1. The molecule has 0 saturated heterocycles. The van der Waals surface area contributed by atoms with Crippen LogP contribution in [0.2, 0.25) is 0 Å². The van der Waals surface area contributed by atoms with E-state index in [4.69, 9.17) is 4.74 Å². The summed E-state index contributed by atoms with van der Waals surface area (Å²) in [6.07, 6.45) is 0. The molecule has 0 heterocycles. The van der Waals surface area contributed by atoms with Crippen molar-refractivity contribution in [3.8, 4) is 5.75 Å². The number of ether oxygens (including phenoxy) is 1. The van der Waals surface area contributed by atoms with Gasteiger partial charge in [0.05, 0.1) is 24.2 Å². The van der Waals surface area contributed by atoms with E-state index in [-0.39, 0.29) is 11.4 Å². The number of hydrogen-bond acceptors (Lipinski definition) is 3. The maximum absolute atomic E-state index is 14.2. The molecule has 0 bridgehead atoms. The van der Waals surface area contributed by atoms with Crippen LogP contribution in [0.3, 0.4) is 0 Å². The van der Waals surface area contributed by atoms with Gasteiger partial charge in [0.2, 0.25) is 0 Å². The molecule has 140 valence electrons. The Bertz CT molecular complexity index is 1050. The normalized spacial score (nSPS) is 11.2. The number of methoxy groups -OCH3 is 1. The molecule has 0 amide bonds. The highest BCUT2D eigenvalue weighted by molar-refractivity contribution is 7.92. The van der Waals surface area contributed by atoms with E-state index in [0.29, 0.717) is 17.0 Å². The molecule has 0 aromatic heterocycles. The maximum atomic E-state index is 14.2. The lowest BCUT2D eigenvalue weighted by Gasteiger charge is -2.25. The van der Waals surface area contributed by atoms with Gasteiger partial charge in [-0.3, -0.25) is 4.31 Å². The van der Waals surface area contributed by atoms with Crippen LogP contribution in [0.1, 0.15) is 11.1 Å². The van der Waals surface area contributed by atoms with E-state index in [1.807, 2.05) is 13.0 Å². The SMILES string of the molecule is COc1cccc(S(=O)(=O)N(Cc2ccccc2F)c2cccc(C)c2)c1. The molecular formula is C21H20FNO3S. The Hall–Kier alpha value is -2.86. The number of anilines is 1. The van der Waals surface area contributed by atoms with Gasteiger partial charge in [-0.1, -0.05) is 36.4 Å². The smallest absolute Gasteiger partial charge is 0.264 e. The van der Waals surface area contributed by atoms with Gasteiger partial charge in [-0.05, 0) is 42.8 Å². The van der Waals surface area contributed by atoms with Gasteiger partial charge in [-0.25, -0.2) is 12.8 Å². The lowest BCUT2D eigenvalue weighted by Crippen LogP contribution is -2.31. The Kier molecular flexibility index (Phi) is 5.46.